The topological polar surface area (TPSA) is 47.4 Å². The van der Waals surface area contributed by atoms with E-state index in [2.05, 4.69) is 4.98 Å². The number of methoxy groups -OCH3 is 1. The SMILES string of the molecule is CCN(C(=O)Cn1c(COC)nc2ccccc21)c1ccccc1. The number of fused-ring (bicyclic) bond motifs is 1. The summed E-state index contributed by atoms with van der Waals surface area (Å²) in [6.07, 6.45) is 0. The van der Waals surface area contributed by atoms with Crippen LogP contribution >= 0.6 is 0 Å². The third kappa shape index (κ3) is 3.16. The van der Waals surface area contributed by atoms with Gasteiger partial charge in [-0.1, -0.05) is 30.3 Å². The number of nitrogens with zero attached hydrogens (tertiary/aromatic N) is 3. The number of aromatic nitrogens is 2. The molecule has 0 aliphatic heterocycles. The van der Waals surface area contributed by atoms with E-state index in [0.29, 0.717) is 13.2 Å². The Morgan fingerprint density at radius 1 is 1.12 bits per heavy atom. The van der Waals surface area contributed by atoms with Crippen molar-refractivity contribution in [3.8, 4) is 0 Å². The molecule has 0 saturated heterocycles. The van der Waals surface area contributed by atoms with Crippen molar-refractivity contribution in [3.05, 3.63) is 60.4 Å². The normalized spacial score (nSPS) is 10.9. The number of anilines is 1. The molecule has 0 aliphatic carbocycles. The predicted molar refractivity (Wildman–Crippen MR) is 94.9 cm³/mol. The molecule has 5 heteroatoms. The first-order valence-corrected chi connectivity index (χ1v) is 8.03. The van der Waals surface area contributed by atoms with Crippen LogP contribution in [0, 0.1) is 0 Å². The molecule has 0 unspecified atom stereocenters. The minimum atomic E-state index is 0.0317. The highest BCUT2D eigenvalue weighted by Gasteiger charge is 2.18. The number of hydrogen-bond donors (Lipinski definition) is 0. The number of likely N-dealkylation sites (N-methyl/N-ethyl adjacent to an activating group) is 1. The second kappa shape index (κ2) is 7.27. The number of hydrogen-bond acceptors (Lipinski definition) is 3. The highest BCUT2D eigenvalue weighted by molar-refractivity contribution is 5.94. The van der Waals surface area contributed by atoms with Gasteiger partial charge in [-0.05, 0) is 31.2 Å². The van der Waals surface area contributed by atoms with Gasteiger partial charge >= 0.3 is 0 Å². The van der Waals surface area contributed by atoms with Crippen molar-refractivity contribution in [1.82, 2.24) is 9.55 Å². The standard InChI is InChI=1S/C19H21N3O2/c1-3-21(15-9-5-4-6-10-15)19(23)13-22-17-12-8-7-11-16(17)20-18(22)14-24-2/h4-12H,3,13-14H2,1-2H3. The molecule has 1 aromatic heterocycles. The molecule has 1 amide bonds. The lowest BCUT2D eigenvalue weighted by atomic mass is 10.2. The van der Waals surface area contributed by atoms with Crippen LogP contribution < -0.4 is 4.90 Å². The van der Waals surface area contributed by atoms with Gasteiger partial charge in [0.2, 0.25) is 5.91 Å². The van der Waals surface area contributed by atoms with Gasteiger partial charge in [0.15, 0.2) is 0 Å². The highest BCUT2D eigenvalue weighted by Crippen LogP contribution is 2.19. The number of amides is 1. The average Bonchev–Trinajstić information content (AvgIpc) is 2.94. The van der Waals surface area contributed by atoms with Gasteiger partial charge in [0.1, 0.15) is 19.0 Å². The van der Waals surface area contributed by atoms with E-state index in [1.807, 2.05) is 66.1 Å². The van der Waals surface area contributed by atoms with E-state index in [1.165, 1.54) is 0 Å². The predicted octanol–water partition coefficient (Wildman–Crippen LogP) is 3.24. The van der Waals surface area contributed by atoms with Crippen molar-refractivity contribution in [2.24, 2.45) is 0 Å². The zero-order valence-electron chi connectivity index (χ0n) is 14.0. The Labute approximate surface area is 141 Å². The molecule has 0 atom stereocenters. The van der Waals surface area contributed by atoms with E-state index in [9.17, 15) is 4.79 Å². The van der Waals surface area contributed by atoms with Gasteiger partial charge < -0.3 is 14.2 Å². The van der Waals surface area contributed by atoms with Crippen LogP contribution in [0.15, 0.2) is 54.6 Å². The molecule has 0 radical (unpaired) electrons. The Hall–Kier alpha value is -2.66. The van der Waals surface area contributed by atoms with E-state index in [1.54, 1.807) is 12.0 Å². The van der Waals surface area contributed by atoms with Crippen LogP contribution in [0.25, 0.3) is 11.0 Å². The summed E-state index contributed by atoms with van der Waals surface area (Å²) in [6, 6.07) is 17.5. The number of imidazole rings is 1. The minimum absolute atomic E-state index is 0.0317. The summed E-state index contributed by atoms with van der Waals surface area (Å²) in [4.78, 5) is 19.2. The third-order valence-corrected chi connectivity index (χ3v) is 3.99. The average molecular weight is 323 g/mol. The van der Waals surface area contributed by atoms with Crippen LogP contribution in [0.1, 0.15) is 12.7 Å². The third-order valence-electron chi connectivity index (χ3n) is 3.99. The molecular weight excluding hydrogens is 302 g/mol. The molecule has 0 N–H and O–H groups in total. The summed E-state index contributed by atoms with van der Waals surface area (Å²) in [7, 11) is 1.63. The second-order valence-electron chi connectivity index (χ2n) is 5.51. The molecule has 24 heavy (non-hydrogen) atoms. The van der Waals surface area contributed by atoms with Crippen LogP contribution in [0.5, 0.6) is 0 Å². The van der Waals surface area contributed by atoms with E-state index >= 15 is 0 Å². The lowest BCUT2D eigenvalue weighted by molar-refractivity contribution is -0.119. The van der Waals surface area contributed by atoms with Crippen molar-refractivity contribution in [3.63, 3.8) is 0 Å². The number of ether oxygens (including phenoxy) is 1. The van der Waals surface area contributed by atoms with Gasteiger partial charge in [0, 0.05) is 19.3 Å². The van der Waals surface area contributed by atoms with Gasteiger partial charge in [0.05, 0.1) is 11.0 Å². The first-order chi connectivity index (χ1) is 11.7. The summed E-state index contributed by atoms with van der Waals surface area (Å²) in [6.45, 7) is 3.21. The molecule has 5 nitrogen and oxygen atoms in total. The fourth-order valence-electron chi connectivity index (χ4n) is 2.87. The van der Waals surface area contributed by atoms with Crippen LogP contribution in [0.2, 0.25) is 0 Å². The molecule has 2 aromatic carbocycles. The van der Waals surface area contributed by atoms with Crippen molar-refractivity contribution in [1.29, 1.82) is 0 Å². The number of rotatable bonds is 6. The summed E-state index contributed by atoms with van der Waals surface area (Å²) in [5.74, 6) is 0.792. The zero-order valence-corrected chi connectivity index (χ0v) is 14.0. The molecule has 0 spiro atoms. The second-order valence-corrected chi connectivity index (χ2v) is 5.51. The van der Waals surface area contributed by atoms with Gasteiger partial charge in [-0.3, -0.25) is 4.79 Å². The Kier molecular flexibility index (Phi) is 4.91. The molecule has 0 saturated carbocycles. The molecule has 124 valence electrons. The summed E-state index contributed by atoms with van der Waals surface area (Å²) in [5.41, 5.74) is 2.73. The number of carbonyl (C=O) groups excluding carboxylic acids is 1. The van der Waals surface area contributed by atoms with Crippen molar-refractivity contribution in [2.75, 3.05) is 18.6 Å². The van der Waals surface area contributed by atoms with E-state index < -0.39 is 0 Å². The van der Waals surface area contributed by atoms with Gasteiger partial charge in [0.25, 0.3) is 0 Å². The Morgan fingerprint density at radius 2 is 1.83 bits per heavy atom. The summed E-state index contributed by atoms with van der Waals surface area (Å²) >= 11 is 0. The largest absolute Gasteiger partial charge is 0.377 e. The number of benzene rings is 2. The fraction of sp³-hybridized carbons (Fsp3) is 0.263. The number of carbonyl (C=O) groups is 1. The molecule has 3 aromatic rings. The summed E-state index contributed by atoms with van der Waals surface area (Å²) in [5, 5.41) is 0. The maximum absolute atomic E-state index is 12.9. The van der Waals surface area contributed by atoms with Crippen LogP contribution in [-0.4, -0.2) is 29.1 Å². The molecule has 0 aliphatic rings. The monoisotopic (exact) mass is 323 g/mol. The van der Waals surface area contributed by atoms with Gasteiger partial charge in [-0.15, -0.1) is 0 Å². The molecule has 1 heterocycles. The van der Waals surface area contributed by atoms with E-state index in [-0.39, 0.29) is 12.5 Å². The zero-order chi connectivity index (χ0) is 16.9. The van der Waals surface area contributed by atoms with E-state index in [0.717, 1.165) is 22.5 Å². The fourth-order valence-corrected chi connectivity index (χ4v) is 2.87. The molecule has 0 bridgehead atoms. The van der Waals surface area contributed by atoms with Crippen LogP contribution in [0.3, 0.4) is 0 Å². The van der Waals surface area contributed by atoms with Crippen molar-refractivity contribution >= 4 is 22.6 Å². The Balaban J connectivity index is 1.93. The van der Waals surface area contributed by atoms with Gasteiger partial charge in [-0.2, -0.15) is 0 Å². The minimum Gasteiger partial charge on any atom is -0.377 e. The highest BCUT2D eigenvalue weighted by atomic mass is 16.5. The van der Waals surface area contributed by atoms with Crippen LogP contribution in [0.4, 0.5) is 5.69 Å². The van der Waals surface area contributed by atoms with Gasteiger partial charge in [-0.25, -0.2) is 4.98 Å². The Bertz CT molecular complexity index is 827. The molecular formula is C19H21N3O2. The lowest BCUT2D eigenvalue weighted by Crippen LogP contribution is -2.34. The first kappa shape index (κ1) is 16.2. The van der Waals surface area contributed by atoms with Crippen molar-refractivity contribution in [2.45, 2.75) is 20.1 Å². The maximum Gasteiger partial charge on any atom is 0.246 e. The molecule has 3 rings (SSSR count). The Morgan fingerprint density at radius 3 is 2.54 bits per heavy atom. The van der Waals surface area contributed by atoms with E-state index in [4.69, 9.17) is 4.74 Å². The summed E-state index contributed by atoms with van der Waals surface area (Å²) < 4.78 is 7.18. The van der Waals surface area contributed by atoms with Crippen LogP contribution in [-0.2, 0) is 22.7 Å². The lowest BCUT2D eigenvalue weighted by Gasteiger charge is -2.22. The smallest absolute Gasteiger partial charge is 0.246 e. The first-order valence-electron chi connectivity index (χ1n) is 8.03. The maximum atomic E-state index is 12.9. The quantitative estimate of drug-likeness (QED) is 0.700. The molecule has 0 fully saturated rings. The van der Waals surface area contributed by atoms with Crippen molar-refractivity contribution < 1.29 is 9.53 Å². The number of para-hydroxylation sites is 3.